The molecule has 166 valence electrons. The van der Waals surface area contributed by atoms with Crippen molar-refractivity contribution in [2.24, 2.45) is 0 Å². The summed E-state index contributed by atoms with van der Waals surface area (Å²) in [6, 6.07) is 3.31. The van der Waals surface area contributed by atoms with Gasteiger partial charge in [-0.1, -0.05) is 0 Å². The summed E-state index contributed by atoms with van der Waals surface area (Å²) in [7, 11) is -3.85. The Labute approximate surface area is 172 Å². The average Bonchev–Trinajstić information content (AvgIpc) is 2.59. The van der Waals surface area contributed by atoms with Crippen molar-refractivity contribution < 1.29 is 36.3 Å². The van der Waals surface area contributed by atoms with Crippen LogP contribution in [0.15, 0.2) is 18.3 Å². The molecule has 0 aliphatic heterocycles. The fourth-order valence-corrected chi connectivity index (χ4v) is 2.69. The topological polar surface area (TPSA) is 110 Å². The Morgan fingerprint density at radius 3 is 2.31 bits per heavy atom. The molecule has 1 atom stereocenters. The third-order valence-electron chi connectivity index (χ3n) is 3.23. The van der Waals surface area contributed by atoms with Gasteiger partial charge < -0.3 is 18.9 Å². The van der Waals surface area contributed by atoms with E-state index in [9.17, 15) is 13.2 Å². The largest absolute Gasteiger partial charge is 0.490 e. The van der Waals surface area contributed by atoms with E-state index in [-0.39, 0.29) is 6.42 Å². The number of esters is 1. The van der Waals surface area contributed by atoms with Crippen molar-refractivity contribution in [1.29, 1.82) is 0 Å². The van der Waals surface area contributed by atoms with Crippen molar-refractivity contribution in [2.75, 3.05) is 39.3 Å². The Morgan fingerprint density at radius 2 is 1.76 bits per heavy atom. The fourth-order valence-electron chi connectivity index (χ4n) is 2.12. The van der Waals surface area contributed by atoms with Gasteiger partial charge in [-0.3, -0.25) is 9.17 Å². The van der Waals surface area contributed by atoms with Gasteiger partial charge in [0.2, 0.25) is 0 Å². The van der Waals surface area contributed by atoms with Crippen molar-refractivity contribution in [3.8, 4) is 5.75 Å². The highest BCUT2D eigenvalue weighted by atomic mass is 32.2. The molecular formula is C19H31NO8S. The summed E-state index contributed by atoms with van der Waals surface area (Å²) < 4.78 is 49.2. The van der Waals surface area contributed by atoms with E-state index >= 15 is 0 Å². The maximum Gasteiger partial charge on any atom is 0.337 e. The van der Waals surface area contributed by atoms with Crippen LogP contribution in [-0.2, 0) is 39.7 Å². The Balaban J connectivity index is 2.58. The molecule has 1 aromatic rings. The van der Waals surface area contributed by atoms with Crippen LogP contribution >= 0.6 is 0 Å². The summed E-state index contributed by atoms with van der Waals surface area (Å²) in [5.74, 6) is -0.241. The number of carbonyl (C=O) groups excluding carboxylic acids is 1. The lowest BCUT2D eigenvalue weighted by Crippen LogP contribution is -2.36. The summed E-state index contributed by atoms with van der Waals surface area (Å²) >= 11 is 0. The van der Waals surface area contributed by atoms with Gasteiger partial charge in [-0.2, -0.15) is 8.42 Å². The van der Waals surface area contributed by atoms with Crippen LogP contribution in [-0.4, -0.2) is 70.4 Å². The van der Waals surface area contributed by atoms with E-state index in [2.05, 4.69) is 4.98 Å². The molecule has 0 N–H and O–H groups in total. The van der Waals surface area contributed by atoms with E-state index in [0.29, 0.717) is 44.5 Å². The van der Waals surface area contributed by atoms with Crippen LogP contribution in [0.1, 0.15) is 33.4 Å². The van der Waals surface area contributed by atoms with Crippen molar-refractivity contribution in [1.82, 2.24) is 4.98 Å². The van der Waals surface area contributed by atoms with Gasteiger partial charge in [-0.05, 0) is 39.8 Å². The Kier molecular flexibility index (Phi) is 10.5. The second kappa shape index (κ2) is 12.1. The molecule has 1 rings (SSSR count). The highest BCUT2D eigenvalue weighted by Crippen LogP contribution is 2.16. The van der Waals surface area contributed by atoms with Gasteiger partial charge in [-0.15, -0.1) is 0 Å². The Bertz CT molecular complexity index is 713. The first-order valence-corrected chi connectivity index (χ1v) is 11.2. The minimum Gasteiger partial charge on any atom is -0.490 e. The Morgan fingerprint density at radius 1 is 1.10 bits per heavy atom. The smallest absolute Gasteiger partial charge is 0.337 e. The number of nitrogens with zero attached hydrogens (tertiary/aromatic N) is 1. The van der Waals surface area contributed by atoms with Crippen LogP contribution in [0.25, 0.3) is 0 Å². The number of carbonyl (C=O) groups is 1. The van der Waals surface area contributed by atoms with E-state index < -0.39 is 27.8 Å². The summed E-state index contributed by atoms with van der Waals surface area (Å²) in [5.41, 5.74) is -0.309. The first-order valence-electron chi connectivity index (χ1n) is 9.34. The van der Waals surface area contributed by atoms with E-state index in [1.807, 2.05) is 6.92 Å². The van der Waals surface area contributed by atoms with Crippen molar-refractivity contribution in [3.05, 3.63) is 24.0 Å². The molecule has 0 fully saturated rings. The highest BCUT2D eigenvalue weighted by molar-refractivity contribution is 7.86. The van der Waals surface area contributed by atoms with Crippen LogP contribution < -0.4 is 4.74 Å². The summed E-state index contributed by atoms with van der Waals surface area (Å²) in [4.78, 5) is 16.5. The number of pyridine rings is 1. The molecule has 1 heterocycles. The molecular weight excluding hydrogens is 402 g/mol. The standard InChI is InChI=1S/C19H31NO8S/c1-6-24-9-10-25-11-12-26-16-8-7-15(20-14-16)13-17(28-29(5,22)23)18(21)27-19(2,3)4/h7-8,14,17H,6,9-13H2,1-5H3. The lowest BCUT2D eigenvalue weighted by Gasteiger charge is -2.23. The van der Waals surface area contributed by atoms with Crippen LogP contribution in [0.3, 0.4) is 0 Å². The maximum absolute atomic E-state index is 12.3. The van der Waals surface area contributed by atoms with Gasteiger partial charge in [-0.25, -0.2) is 4.79 Å². The fraction of sp³-hybridized carbons (Fsp3) is 0.684. The number of rotatable bonds is 13. The zero-order valence-electron chi connectivity index (χ0n) is 17.7. The second-order valence-electron chi connectivity index (χ2n) is 7.17. The minimum atomic E-state index is -3.85. The van der Waals surface area contributed by atoms with Gasteiger partial charge in [0, 0.05) is 18.7 Å². The molecule has 0 amide bonds. The molecule has 1 unspecified atom stereocenters. The SMILES string of the molecule is CCOCCOCCOc1ccc(CC(OS(C)(=O)=O)C(=O)OC(C)(C)C)nc1. The molecule has 0 radical (unpaired) electrons. The quantitative estimate of drug-likeness (QED) is 0.261. The molecule has 0 aliphatic rings. The highest BCUT2D eigenvalue weighted by Gasteiger charge is 2.29. The Hall–Kier alpha value is -1.75. The number of ether oxygens (including phenoxy) is 4. The normalized spacial score (nSPS) is 13.1. The van der Waals surface area contributed by atoms with E-state index in [0.717, 1.165) is 6.26 Å². The van der Waals surface area contributed by atoms with Crippen molar-refractivity contribution in [2.45, 2.75) is 45.8 Å². The first kappa shape index (κ1) is 25.3. The van der Waals surface area contributed by atoms with Crippen molar-refractivity contribution in [3.63, 3.8) is 0 Å². The lowest BCUT2D eigenvalue weighted by molar-refractivity contribution is -0.163. The van der Waals surface area contributed by atoms with Gasteiger partial charge >= 0.3 is 5.97 Å². The minimum absolute atomic E-state index is 0.0528. The van der Waals surface area contributed by atoms with Crippen LogP contribution in [0.2, 0.25) is 0 Å². The second-order valence-corrected chi connectivity index (χ2v) is 8.77. The van der Waals surface area contributed by atoms with Gasteiger partial charge in [0.1, 0.15) is 18.0 Å². The third-order valence-corrected chi connectivity index (χ3v) is 3.81. The molecule has 29 heavy (non-hydrogen) atoms. The number of hydrogen-bond donors (Lipinski definition) is 0. The van der Waals surface area contributed by atoms with E-state index in [1.165, 1.54) is 6.20 Å². The summed E-state index contributed by atoms with van der Waals surface area (Å²) in [6.45, 7) is 9.45. The number of aromatic nitrogens is 1. The van der Waals surface area contributed by atoms with Gasteiger partial charge in [0.05, 0.1) is 32.3 Å². The van der Waals surface area contributed by atoms with Crippen molar-refractivity contribution >= 4 is 16.1 Å². The first-order chi connectivity index (χ1) is 13.5. The van der Waals surface area contributed by atoms with E-state index in [4.69, 9.17) is 23.1 Å². The van der Waals surface area contributed by atoms with Gasteiger partial charge in [0.25, 0.3) is 10.1 Å². The lowest BCUT2D eigenvalue weighted by atomic mass is 10.1. The summed E-state index contributed by atoms with van der Waals surface area (Å²) in [6.07, 6.45) is 0.998. The molecule has 0 aliphatic carbocycles. The molecule has 0 aromatic carbocycles. The molecule has 0 spiro atoms. The molecule has 1 aromatic heterocycles. The average molecular weight is 434 g/mol. The molecule has 9 nitrogen and oxygen atoms in total. The number of hydrogen-bond acceptors (Lipinski definition) is 9. The maximum atomic E-state index is 12.3. The van der Waals surface area contributed by atoms with E-state index in [1.54, 1.807) is 32.9 Å². The summed E-state index contributed by atoms with van der Waals surface area (Å²) in [5, 5.41) is 0. The third kappa shape index (κ3) is 12.4. The predicted octanol–water partition coefficient (Wildman–Crippen LogP) is 1.74. The molecule has 10 heteroatoms. The zero-order chi connectivity index (χ0) is 21.9. The van der Waals surface area contributed by atoms with Crippen LogP contribution in [0.4, 0.5) is 0 Å². The zero-order valence-corrected chi connectivity index (χ0v) is 18.5. The molecule has 0 saturated heterocycles. The van der Waals surface area contributed by atoms with Gasteiger partial charge in [0.15, 0.2) is 6.10 Å². The molecule has 0 bridgehead atoms. The van der Waals surface area contributed by atoms with Crippen LogP contribution in [0, 0.1) is 0 Å². The monoisotopic (exact) mass is 433 g/mol. The predicted molar refractivity (Wildman–Crippen MR) is 106 cm³/mol. The molecule has 0 saturated carbocycles. The van der Waals surface area contributed by atoms with Crippen LogP contribution in [0.5, 0.6) is 5.75 Å².